The smallest absolute Gasteiger partial charge is 0.0476 e. The number of hydrogen-bond acceptors (Lipinski definition) is 2. The predicted octanol–water partition coefficient (Wildman–Crippen LogP) is 0.774. The molecule has 0 heterocycles. The molecular formula is C8H16ClNO. The minimum absolute atomic E-state index is 0. The molecule has 0 aromatic rings. The zero-order chi connectivity index (χ0) is 7.14. The van der Waals surface area contributed by atoms with E-state index in [-0.39, 0.29) is 12.4 Å². The molecule has 66 valence electrons. The largest absolute Gasteiger partial charge is 0.396 e. The fourth-order valence-electron chi connectivity index (χ4n) is 2.73. The molecule has 0 spiro atoms. The van der Waals surface area contributed by atoms with Crippen molar-refractivity contribution in [3.05, 3.63) is 0 Å². The van der Waals surface area contributed by atoms with E-state index in [0.717, 1.165) is 11.8 Å². The predicted molar refractivity (Wildman–Crippen MR) is 46.6 cm³/mol. The molecule has 0 aliphatic heterocycles. The number of rotatable bonds is 1. The van der Waals surface area contributed by atoms with Crippen LogP contribution in [-0.2, 0) is 0 Å². The van der Waals surface area contributed by atoms with Crippen molar-refractivity contribution in [2.24, 2.45) is 23.5 Å². The van der Waals surface area contributed by atoms with Gasteiger partial charge in [-0.3, -0.25) is 0 Å². The standard InChI is InChI=1S/C8H15NO.ClH/c9-8-6-2-1-5(3-6)7(8)4-10;/h5-8,10H,1-4,9H2;1H/t5-,6+,7+,8-;/m0./s1. The highest BCUT2D eigenvalue weighted by Crippen LogP contribution is 2.47. The van der Waals surface area contributed by atoms with Gasteiger partial charge in [0, 0.05) is 18.6 Å². The lowest BCUT2D eigenvalue weighted by Crippen LogP contribution is -2.37. The second kappa shape index (κ2) is 3.30. The van der Waals surface area contributed by atoms with Crippen molar-refractivity contribution < 1.29 is 5.11 Å². The van der Waals surface area contributed by atoms with Crippen molar-refractivity contribution in [2.75, 3.05) is 6.61 Å². The van der Waals surface area contributed by atoms with Crippen molar-refractivity contribution >= 4 is 12.4 Å². The molecule has 3 heteroatoms. The molecule has 0 aromatic heterocycles. The molecule has 0 radical (unpaired) electrons. The first-order valence-electron chi connectivity index (χ1n) is 4.19. The summed E-state index contributed by atoms with van der Waals surface area (Å²) in [6.45, 7) is 0.308. The first-order valence-corrected chi connectivity index (χ1v) is 4.19. The molecule has 2 saturated carbocycles. The number of fused-ring (bicyclic) bond motifs is 2. The first-order chi connectivity index (χ1) is 4.83. The maximum atomic E-state index is 8.98. The molecule has 0 amide bonds. The molecule has 2 aliphatic rings. The summed E-state index contributed by atoms with van der Waals surface area (Å²) in [6.07, 6.45) is 3.90. The van der Waals surface area contributed by atoms with E-state index in [4.69, 9.17) is 10.8 Å². The maximum Gasteiger partial charge on any atom is 0.0476 e. The SMILES string of the molecule is Cl.N[C@H]1[C@@H]2CC[C@@H](C2)[C@H]1CO. The normalized spacial score (nSPS) is 47.5. The molecular weight excluding hydrogens is 162 g/mol. The fourth-order valence-corrected chi connectivity index (χ4v) is 2.73. The summed E-state index contributed by atoms with van der Waals surface area (Å²) in [4.78, 5) is 0. The van der Waals surface area contributed by atoms with Gasteiger partial charge in [-0.2, -0.15) is 0 Å². The van der Waals surface area contributed by atoms with Crippen LogP contribution in [0.15, 0.2) is 0 Å². The van der Waals surface area contributed by atoms with Gasteiger partial charge in [-0.25, -0.2) is 0 Å². The second-order valence-electron chi connectivity index (χ2n) is 3.76. The summed E-state index contributed by atoms with van der Waals surface area (Å²) in [5, 5.41) is 8.98. The summed E-state index contributed by atoms with van der Waals surface area (Å²) in [7, 11) is 0. The average Bonchev–Trinajstić information content (AvgIpc) is 2.46. The van der Waals surface area contributed by atoms with Crippen LogP contribution in [0.1, 0.15) is 19.3 Å². The lowest BCUT2D eigenvalue weighted by atomic mass is 9.86. The summed E-state index contributed by atoms with van der Waals surface area (Å²) < 4.78 is 0. The third-order valence-corrected chi connectivity index (χ3v) is 3.37. The average molecular weight is 178 g/mol. The summed E-state index contributed by atoms with van der Waals surface area (Å²) in [5.41, 5.74) is 5.91. The highest BCUT2D eigenvalue weighted by atomic mass is 35.5. The Hall–Kier alpha value is 0.210. The Morgan fingerprint density at radius 1 is 1.27 bits per heavy atom. The first kappa shape index (κ1) is 9.30. The number of aliphatic hydroxyl groups excluding tert-OH is 1. The van der Waals surface area contributed by atoms with Gasteiger partial charge >= 0.3 is 0 Å². The van der Waals surface area contributed by atoms with Gasteiger partial charge < -0.3 is 10.8 Å². The molecule has 2 nitrogen and oxygen atoms in total. The quantitative estimate of drug-likeness (QED) is 0.622. The van der Waals surface area contributed by atoms with Crippen molar-refractivity contribution in [3.8, 4) is 0 Å². The Balaban J connectivity index is 0.000000605. The molecule has 4 atom stereocenters. The van der Waals surface area contributed by atoms with Crippen molar-refractivity contribution in [1.29, 1.82) is 0 Å². The van der Waals surface area contributed by atoms with E-state index < -0.39 is 0 Å². The van der Waals surface area contributed by atoms with Gasteiger partial charge in [0.2, 0.25) is 0 Å². The minimum Gasteiger partial charge on any atom is -0.396 e. The van der Waals surface area contributed by atoms with Crippen molar-refractivity contribution in [2.45, 2.75) is 25.3 Å². The second-order valence-corrected chi connectivity index (χ2v) is 3.76. The van der Waals surface area contributed by atoms with Crippen LogP contribution in [0.25, 0.3) is 0 Å². The molecule has 2 bridgehead atoms. The van der Waals surface area contributed by atoms with Gasteiger partial charge in [-0.05, 0) is 31.1 Å². The van der Waals surface area contributed by atoms with Crippen LogP contribution < -0.4 is 5.73 Å². The highest BCUT2D eigenvalue weighted by Gasteiger charge is 2.44. The van der Waals surface area contributed by atoms with Crippen LogP contribution >= 0.6 is 12.4 Å². The summed E-state index contributed by atoms with van der Waals surface area (Å²) in [6, 6.07) is 0.309. The Bertz CT molecular complexity index is 140. The van der Waals surface area contributed by atoms with E-state index in [2.05, 4.69) is 0 Å². The van der Waals surface area contributed by atoms with E-state index in [1.807, 2.05) is 0 Å². The van der Waals surface area contributed by atoms with Crippen LogP contribution in [0.5, 0.6) is 0 Å². The topological polar surface area (TPSA) is 46.2 Å². The van der Waals surface area contributed by atoms with Crippen LogP contribution in [0.2, 0.25) is 0 Å². The van der Waals surface area contributed by atoms with Gasteiger partial charge in [-0.15, -0.1) is 12.4 Å². The Morgan fingerprint density at radius 2 is 1.91 bits per heavy atom. The zero-order valence-corrected chi connectivity index (χ0v) is 7.39. The van der Waals surface area contributed by atoms with Gasteiger partial charge in [0.15, 0.2) is 0 Å². The van der Waals surface area contributed by atoms with Crippen LogP contribution in [0.4, 0.5) is 0 Å². The summed E-state index contributed by atoms with van der Waals surface area (Å²) >= 11 is 0. The third kappa shape index (κ3) is 1.28. The lowest BCUT2D eigenvalue weighted by molar-refractivity contribution is 0.159. The number of hydrogen-bond donors (Lipinski definition) is 2. The van der Waals surface area contributed by atoms with E-state index in [1.54, 1.807) is 0 Å². The minimum atomic E-state index is 0. The lowest BCUT2D eigenvalue weighted by Gasteiger charge is -2.25. The Kier molecular flexibility index (Phi) is 2.79. The van der Waals surface area contributed by atoms with Crippen LogP contribution in [0.3, 0.4) is 0 Å². The van der Waals surface area contributed by atoms with E-state index >= 15 is 0 Å². The molecule has 0 unspecified atom stereocenters. The number of nitrogens with two attached hydrogens (primary N) is 1. The van der Waals surface area contributed by atoms with Crippen molar-refractivity contribution in [1.82, 2.24) is 0 Å². The molecule has 3 N–H and O–H groups in total. The highest BCUT2D eigenvalue weighted by molar-refractivity contribution is 5.85. The van der Waals surface area contributed by atoms with E-state index in [9.17, 15) is 0 Å². The Morgan fingerprint density at radius 3 is 2.27 bits per heavy atom. The summed E-state index contributed by atoms with van der Waals surface area (Å²) in [5.74, 6) is 1.92. The molecule has 0 aromatic carbocycles. The van der Waals surface area contributed by atoms with Crippen LogP contribution in [0, 0.1) is 17.8 Å². The zero-order valence-electron chi connectivity index (χ0n) is 6.57. The molecule has 2 fully saturated rings. The molecule has 11 heavy (non-hydrogen) atoms. The monoisotopic (exact) mass is 177 g/mol. The molecule has 0 saturated heterocycles. The van der Waals surface area contributed by atoms with Crippen molar-refractivity contribution in [3.63, 3.8) is 0 Å². The Labute approximate surface area is 73.6 Å². The van der Waals surface area contributed by atoms with Gasteiger partial charge in [0.25, 0.3) is 0 Å². The third-order valence-electron chi connectivity index (χ3n) is 3.37. The maximum absolute atomic E-state index is 8.98. The molecule has 2 rings (SSSR count). The van der Waals surface area contributed by atoms with E-state index in [0.29, 0.717) is 18.6 Å². The van der Waals surface area contributed by atoms with Crippen LogP contribution in [-0.4, -0.2) is 17.8 Å². The van der Waals surface area contributed by atoms with Gasteiger partial charge in [0.05, 0.1) is 0 Å². The number of halogens is 1. The van der Waals surface area contributed by atoms with Gasteiger partial charge in [-0.1, -0.05) is 0 Å². The van der Waals surface area contributed by atoms with E-state index in [1.165, 1.54) is 19.3 Å². The number of aliphatic hydroxyl groups is 1. The molecule has 2 aliphatic carbocycles. The fraction of sp³-hybridized carbons (Fsp3) is 1.00. The van der Waals surface area contributed by atoms with Gasteiger partial charge in [0.1, 0.15) is 0 Å².